The van der Waals surface area contributed by atoms with Crippen LogP contribution in [0, 0.1) is 0 Å². The van der Waals surface area contributed by atoms with Crippen LogP contribution in [0.2, 0.25) is 0 Å². The molecule has 3 rings (SSSR count). The molecule has 0 radical (unpaired) electrons. The molecular weight excluding hydrogens is 344 g/mol. The second kappa shape index (κ2) is 7.45. The number of hydrazone groups is 1. The molecule has 8 heteroatoms. The van der Waals surface area contributed by atoms with Gasteiger partial charge in [0, 0.05) is 20.6 Å². The van der Waals surface area contributed by atoms with E-state index < -0.39 is 5.69 Å². The number of anilines is 1. The van der Waals surface area contributed by atoms with Crippen LogP contribution in [0.5, 0.6) is 0 Å². The van der Waals surface area contributed by atoms with Crippen molar-refractivity contribution < 1.29 is 0 Å². The van der Waals surface area contributed by atoms with E-state index in [2.05, 4.69) is 15.5 Å². The number of nitrogens with one attached hydrogen (secondary N) is 1. The van der Waals surface area contributed by atoms with E-state index in [1.807, 2.05) is 56.3 Å². The summed E-state index contributed by atoms with van der Waals surface area (Å²) < 4.78 is 4.16. The topological polar surface area (TPSA) is 86.2 Å². The summed E-state index contributed by atoms with van der Waals surface area (Å²) in [4.78, 5) is 29.0. The van der Waals surface area contributed by atoms with Crippen LogP contribution in [-0.4, -0.2) is 24.4 Å². The van der Waals surface area contributed by atoms with Gasteiger partial charge in [-0.15, -0.1) is 0 Å². The first kappa shape index (κ1) is 18.4. The van der Waals surface area contributed by atoms with E-state index in [9.17, 15) is 9.59 Å². The smallest absolute Gasteiger partial charge is 0.303 e. The zero-order valence-electron chi connectivity index (χ0n) is 15.8. The number of aryl methyl sites for hydroxylation is 2. The predicted molar refractivity (Wildman–Crippen MR) is 108 cm³/mol. The van der Waals surface area contributed by atoms with Crippen molar-refractivity contribution in [2.45, 2.75) is 20.4 Å². The van der Waals surface area contributed by atoms with Gasteiger partial charge >= 0.3 is 5.69 Å². The molecule has 0 aliphatic heterocycles. The fraction of sp³-hybridized carbons (Fsp3) is 0.263. The molecular formula is C19H22N6O2. The summed E-state index contributed by atoms with van der Waals surface area (Å²) in [6.07, 6.45) is 3.85. The normalized spacial score (nSPS) is 12.2. The lowest BCUT2D eigenvalue weighted by Crippen LogP contribution is -2.37. The monoisotopic (exact) mass is 366 g/mol. The largest absolute Gasteiger partial charge is 0.332 e. The Labute approximate surface area is 156 Å². The molecule has 0 unspecified atom stereocenters. The number of aromatic nitrogens is 4. The maximum absolute atomic E-state index is 12.5. The lowest BCUT2D eigenvalue weighted by Gasteiger charge is -2.06. The van der Waals surface area contributed by atoms with Crippen LogP contribution < -0.4 is 16.7 Å². The van der Waals surface area contributed by atoms with Gasteiger partial charge in [-0.25, -0.2) is 10.2 Å². The van der Waals surface area contributed by atoms with Crippen LogP contribution in [0.25, 0.3) is 17.2 Å². The summed E-state index contributed by atoms with van der Waals surface area (Å²) in [6, 6.07) is 9.91. The zero-order valence-corrected chi connectivity index (χ0v) is 15.8. The van der Waals surface area contributed by atoms with Gasteiger partial charge in [-0.3, -0.25) is 13.9 Å². The number of rotatable bonds is 5. The lowest BCUT2D eigenvalue weighted by atomic mass is 10.2. The highest BCUT2D eigenvalue weighted by molar-refractivity contribution is 5.96. The summed E-state index contributed by atoms with van der Waals surface area (Å²) in [5, 5.41) is 4.32. The van der Waals surface area contributed by atoms with Gasteiger partial charge in [0.15, 0.2) is 11.2 Å². The molecule has 0 amide bonds. The number of imidazole rings is 1. The van der Waals surface area contributed by atoms with Crippen LogP contribution >= 0.6 is 0 Å². The molecule has 0 saturated carbocycles. The minimum Gasteiger partial charge on any atom is -0.303 e. The van der Waals surface area contributed by atoms with Crippen LogP contribution in [0.3, 0.4) is 0 Å². The predicted octanol–water partition coefficient (Wildman–Crippen LogP) is 1.95. The molecule has 1 N–H and O–H groups in total. The standard InChI is InChI=1S/C19H22N6O2/c1-5-25-15-16(23(3)19(27)24(4)17(15)26)20-18(25)22-21-13(2)11-12-14-9-7-6-8-10-14/h6-12H,5H2,1-4H3,(H,20,22)/b12-11+,21-13-. The minimum atomic E-state index is -0.412. The van der Waals surface area contributed by atoms with Crippen LogP contribution in [0.15, 0.2) is 51.1 Å². The quantitative estimate of drug-likeness (QED) is 0.552. The fourth-order valence-corrected chi connectivity index (χ4v) is 2.80. The van der Waals surface area contributed by atoms with E-state index in [1.165, 1.54) is 11.6 Å². The lowest BCUT2D eigenvalue weighted by molar-refractivity contribution is 0.700. The van der Waals surface area contributed by atoms with Gasteiger partial charge in [-0.2, -0.15) is 10.1 Å². The molecule has 0 atom stereocenters. The first-order chi connectivity index (χ1) is 12.9. The highest BCUT2D eigenvalue weighted by Gasteiger charge is 2.17. The summed E-state index contributed by atoms with van der Waals surface area (Å²) in [6.45, 7) is 4.28. The Bertz CT molecular complexity index is 1150. The molecule has 0 fully saturated rings. The molecule has 0 saturated heterocycles. The SMILES string of the molecule is CCn1c(N/N=C(C)\C=C\c2ccccc2)nc2c1c(=O)n(C)c(=O)n2C. The Morgan fingerprint density at radius 3 is 2.56 bits per heavy atom. The third-order valence-electron chi connectivity index (χ3n) is 4.31. The molecule has 2 heterocycles. The maximum Gasteiger partial charge on any atom is 0.332 e. The van der Waals surface area contributed by atoms with Gasteiger partial charge in [0.05, 0.1) is 5.71 Å². The zero-order chi connectivity index (χ0) is 19.6. The molecule has 3 aromatic rings. The van der Waals surface area contributed by atoms with Crippen molar-refractivity contribution in [2.75, 3.05) is 5.43 Å². The summed E-state index contributed by atoms with van der Waals surface area (Å²) >= 11 is 0. The van der Waals surface area contributed by atoms with Crippen LogP contribution in [0.1, 0.15) is 19.4 Å². The second-order valence-corrected chi connectivity index (χ2v) is 6.17. The van der Waals surface area contributed by atoms with Gasteiger partial charge in [0.2, 0.25) is 5.95 Å². The van der Waals surface area contributed by atoms with E-state index >= 15 is 0 Å². The number of allylic oxidation sites excluding steroid dienone is 1. The van der Waals surface area contributed by atoms with Crippen molar-refractivity contribution >= 4 is 28.9 Å². The van der Waals surface area contributed by atoms with Crippen molar-refractivity contribution in [3.05, 3.63) is 62.8 Å². The van der Waals surface area contributed by atoms with Gasteiger partial charge in [-0.1, -0.05) is 36.4 Å². The molecule has 0 spiro atoms. The first-order valence-electron chi connectivity index (χ1n) is 8.63. The fourth-order valence-electron chi connectivity index (χ4n) is 2.80. The second-order valence-electron chi connectivity index (χ2n) is 6.17. The number of nitrogens with zero attached hydrogens (tertiary/aromatic N) is 5. The van der Waals surface area contributed by atoms with Gasteiger partial charge in [0.25, 0.3) is 5.56 Å². The third-order valence-corrected chi connectivity index (χ3v) is 4.31. The van der Waals surface area contributed by atoms with Crippen molar-refractivity contribution in [3.8, 4) is 0 Å². The average Bonchev–Trinajstić information content (AvgIpc) is 3.07. The van der Waals surface area contributed by atoms with Gasteiger partial charge < -0.3 is 4.57 Å². The Hall–Kier alpha value is -3.42. The number of benzene rings is 1. The van der Waals surface area contributed by atoms with Crippen molar-refractivity contribution in [2.24, 2.45) is 19.2 Å². The molecule has 140 valence electrons. The minimum absolute atomic E-state index is 0.333. The molecule has 8 nitrogen and oxygen atoms in total. The molecule has 2 aromatic heterocycles. The highest BCUT2D eigenvalue weighted by atomic mass is 16.2. The molecule has 0 bridgehead atoms. The Balaban J connectivity index is 1.97. The van der Waals surface area contributed by atoms with Gasteiger partial charge in [-0.05, 0) is 25.5 Å². The van der Waals surface area contributed by atoms with E-state index in [-0.39, 0.29) is 5.56 Å². The van der Waals surface area contributed by atoms with Crippen molar-refractivity contribution in [3.63, 3.8) is 0 Å². The Kier molecular flexibility index (Phi) is 5.07. The van der Waals surface area contributed by atoms with Crippen molar-refractivity contribution in [1.29, 1.82) is 0 Å². The molecule has 0 aliphatic carbocycles. The summed E-state index contributed by atoms with van der Waals surface area (Å²) in [5.41, 5.74) is 4.65. The average molecular weight is 366 g/mol. The number of hydrogen-bond acceptors (Lipinski definition) is 5. The third kappa shape index (κ3) is 3.46. The molecule has 0 aliphatic rings. The van der Waals surface area contributed by atoms with E-state index in [4.69, 9.17) is 0 Å². The number of hydrogen-bond donors (Lipinski definition) is 1. The van der Waals surface area contributed by atoms with E-state index in [1.54, 1.807) is 11.6 Å². The summed E-state index contributed by atoms with van der Waals surface area (Å²) in [7, 11) is 3.05. The highest BCUT2D eigenvalue weighted by Crippen LogP contribution is 2.15. The van der Waals surface area contributed by atoms with Crippen LogP contribution in [0.4, 0.5) is 5.95 Å². The maximum atomic E-state index is 12.5. The molecule has 27 heavy (non-hydrogen) atoms. The Morgan fingerprint density at radius 1 is 1.19 bits per heavy atom. The molecule has 1 aromatic carbocycles. The van der Waals surface area contributed by atoms with Crippen molar-refractivity contribution in [1.82, 2.24) is 18.7 Å². The first-order valence-corrected chi connectivity index (χ1v) is 8.63. The number of fused-ring (bicyclic) bond motifs is 1. The Morgan fingerprint density at radius 2 is 1.89 bits per heavy atom. The van der Waals surface area contributed by atoms with E-state index in [0.717, 1.165) is 15.8 Å². The van der Waals surface area contributed by atoms with E-state index in [0.29, 0.717) is 23.7 Å². The van der Waals surface area contributed by atoms with Gasteiger partial charge in [0.1, 0.15) is 0 Å². The van der Waals surface area contributed by atoms with Crippen LogP contribution in [-0.2, 0) is 20.6 Å². The summed E-state index contributed by atoms with van der Waals surface area (Å²) in [5.74, 6) is 0.415.